The Morgan fingerprint density at radius 2 is 0.293 bits per heavy atom. The average molecular weight is 1920 g/mol. The standard InChI is InChI=1S/C78H158O31.C21H28N2O/c1-2-3-4-5-6-7-8-9-10-11-12-13-14-15-16-17-19-80-21-23-82-25-27-84-29-31-86-33-35-88-37-39-90-41-43-92-45-47-94-49-51-96-53-55-98-57-59-100-61-63-102-65-67-104-69-71-106-73-75-108-77-78-109-76-74-107-72-70-105-68-66-103-64-62-101-60-58-99-56-54-97-52-50-95-48-46-93-44-42-91-40-38-89-36-34-87-32-30-85-28-26-83-24-22-81-20-18-79;1-5-22(6-2)19-13-9-17(10-14-19)21(24)18-11-15-20(16-12-18)23(7-3)8-4/h79H,2-78H2,1H3;9-16H,5-8H2,1-4H3. The van der Waals surface area contributed by atoms with Crippen molar-refractivity contribution in [2.45, 2.75) is 137 Å². The summed E-state index contributed by atoms with van der Waals surface area (Å²) in [4.78, 5) is 17.2. The second-order valence-corrected chi connectivity index (χ2v) is 30.2. The van der Waals surface area contributed by atoms with E-state index in [4.69, 9.17) is 147 Å². The highest BCUT2D eigenvalue weighted by atomic mass is 16.6. The van der Waals surface area contributed by atoms with Gasteiger partial charge in [0.1, 0.15) is 0 Å². The largest absolute Gasteiger partial charge is 0.394 e. The SMILES string of the molecule is CCCCCCCCCCCCCCCCCCOCCOCCOCCOCCOCCOCCOCCOCCOCCOCCOCCOCCOCCOCCOCCOCCOCCOCCOCCOCCOCCOCCOCCOCCOCCOCCOCCOCCOCCOCCO.CCN(CC)c1ccc(C(=O)c2ccc(N(CC)CC)cc2)cc1. The molecule has 0 amide bonds. The molecular formula is C99H186N2O32. The van der Waals surface area contributed by atoms with Crippen LogP contribution >= 0.6 is 0 Å². The monoisotopic (exact) mass is 1920 g/mol. The first-order valence-electron chi connectivity index (χ1n) is 50.2. The molecule has 2 rings (SSSR count). The lowest BCUT2D eigenvalue weighted by Crippen LogP contribution is -2.22. The molecule has 1 N–H and O–H groups in total. The number of carbonyl (C=O) groups excluding carboxylic acids is 1. The van der Waals surface area contributed by atoms with Gasteiger partial charge in [0.05, 0.1) is 396 Å². The summed E-state index contributed by atoms with van der Waals surface area (Å²) >= 11 is 0. The van der Waals surface area contributed by atoms with Gasteiger partial charge in [0.25, 0.3) is 0 Å². The maximum Gasteiger partial charge on any atom is 0.193 e. The van der Waals surface area contributed by atoms with E-state index in [0.29, 0.717) is 390 Å². The van der Waals surface area contributed by atoms with Crippen molar-refractivity contribution in [3.8, 4) is 0 Å². The Hall–Kier alpha value is -3.53. The van der Waals surface area contributed by atoms with Gasteiger partial charge in [-0.25, -0.2) is 0 Å². The second kappa shape index (κ2) is 112. The van der Waals surface area contributed by atoms with Gasteiger partial charge >= 0.3 is 0 Å². The zero-order valence-electron chi connectivity index (χ0n) is 83.4. The van der Waals surface area contributed by atoms with Gasteiger partial charge in [-0.3, -0.25) is 4.79 Å². The minimum atomic E-state index is 0.0167. The smallest absolute Gasteiger partial charge is 0.193 e. The van der Waals surface area contributed by atoms with Gasteiger partial charge in [-0.1, -0.05) is 103 Å². The molecule has 0 aliphatic carbocycles. The Balaban J connectivity index is 0.00000315. The molecule has 0 aliphatic rings. The lowest BCUT2D eigenvalue weighted by atomic mass is 10.0. The molecule has 133 heavy (non-hydrogen) atoms. The molecule has 34 nitrogen and oxygen atoms in total. The molecule has 0 spiro atoms. The Kier molecular flexibility index (Phi) is 107. The molecular weight excluding hydrogens is 1730 g/mol. The van der Waals surface area contributed by atoms with Gasteiger partial charge in [-0.05, 0) is 82.6 Å². The maximum atomic E-state index is 12.7. The van der Waals surface area contributed by atoms with E-state index in [-0.39, 0.29) is 12.4 Å². The third-order valence-electron chi connectivity index (χ3n) is 19.7. The Labute approximate surface area is 801 Å². The molecule has 0 atom stereocenters. The minimum Gasteiger partial charge on any atom is -0.394 e. The zero-order chi connectivity index (χ0) is 95.2. The summed E-state index contributed by atoms with van der Waals surface area (Å²) in [6, 6.07) is 15.8. The van der Waals surface area contributed by atoms with E-state index in [0.717, 1.165) is 61.7 Å². The normalized spacial score (nSPS) is 11.6. The maximum absolute atomic E-state index is 12.7. The number of nitrogens with zero attached hydrogens (tertiary/aromatic N) is 2. The molecule has 0 bridgehead atoms. The van der Waals surface area contributed by atoms with Crippen LogP contribution in [0.4, 0.5) is 11.4 Å². The summed E-state index contributed by atoms with van der Waals surface area (Å²) < 4.78 is 166. The van der Waals surface area contributed by atoms with E-state index in [2.05, 4.69) is 44.4 Å². The highest BCUT2D eigenvalue weighted by Gasteiger charge is 2.13. The summed E-state index contributed by atoms with van der Waals surface area (Å²) in [5.74, 6) is 0.0761. The summed E-state index contributed by atoms with van der Waals surface area (Å²) in [7, 11) is 0. The van der Waals surface area contributed by atoms with Crippen LogP contribution in [-0.2, 0) is 142 Å². The fourth-order valence-corrected chi connectivity index (χ4v) is 12.3. The number of rotatable bonds is 114. The van der Waals surface area contributed by atoms with Crippen LogP contribution in [0.1, 0.15) is 153 Å². The van der Waals surface area contributed by atoms with Crippen molar-refractivity contribution in [2.75, 3.05) is 439 Å². The summed E-state index contributed by atoms with van der Waals surface area (Å²) in [5.41, 5.74) is 3.80. The lowest BCUT2D eigenvalue weighted by Gasteiger charge is -2.21. The molecule has 0 aliphatic heterocycles. The van der Waals surface area contributed by atoms with Crippen LogP contribution in [0.5, 0.6) is 0 Å². The number of hydrogen-bond donors (Lipinski definition) is 1. The van der Waals surface area contributed by atoms with Crippen molar-refractivity contribution in [1.29, 1.82) is 0 Å². The number of ether oxygens (including phenoxy) is 30. The first-order valence-corrected chi connectivity index (χ1v) is 50.2. The van der Waals surface area contributed by atoms with Crippen LogP contribution in [0.2, 0.25) is 0 Å². The van der Waals surface area contributed by atoms with Crippen molar-refractivity contribution in [2.24, 2.45) is 0 Å². The van der Waals surface area contributed by atoms with E-state index in [9.17, 15) is 4.79 Å². The van der Waals surface area contributed by atoms with E-state index in [1.54, 1.807) is 0 Å². The number of hydrogen-bond acceptors (Lipinski definition) is 34. The molecule has 2 aromatic rings. The lowest BCUT2D eigenvalue weighted by molar-refractivity contribution is -0.0325. The van der Waals surface area contributed by atoms with Crippen molar-refractivity contribution in [1.82, 2.24) is 0 Å². The number of carbonyl (C=O) groups is 1. The fraction of sp³-hybridized carbons (Fsp3) is 0.869. The van der Waals surface area contributed by atoms with E-state index in [1.807, 2.05) is 48.5 Å². The van der Waals surface area contributed by atoms with Crippen LogP contribution in [0.25, 0.3) is 0 Å². The third kappa shape index (κ3) is 95.8. The Morgan fingerprint density at radius 3 is 0.421 bits per heavy atom. The minimum absolute atomic E-state index is 0.0167. The number of ketones is 1. The van der Waals surface area contributed by atoms with Gasteiger partial charge in [0.2, 0.25) is 0 Å². The molecule has 34 heteroatoms. The number of aliphatic hydroxyl groups excluding tert-OH is 1. The molecule has 0 radical (unpaired) electrons. The molecule has 0 saturated carbocycles. The quantitative estimate of drug-likeness (QED) is 0.0475. The first-order chi connectivity index (χ1) is 66.1. The van der Waals surface area contributed by atoms with Crippen molar-refractivity contribution in [3.05, 3.63) is 59.7 Å². The van der Waals surface area contributed by atoms with E-state index < -0.39 is 0 Å². The predicted molar refractivity (Wildman–Crippen MR) is 515 cm³/mol. The number of unbranched alkanes of at least 4 members (excludes halogenated alkanes) is 15. The second-order valence-electron chi connectivity index (χ2n) is 30.2. The van der Waals surface area contributed by atoms with Crippen molar-refractivity contribution < 1.29 is 152 Å². The first kappa shape index (κ1) is 127. The fourth-order valence-electron chi connectivity index (χ4n) is 12.3. The van der Waals surface area contributed by atoms with E-state index in [1.165, 1.54) is 96.3 Å². The Bertz CT molecular complexity index is 2310. The molecule has 0 saturated heterocycles. The molecule has 0 aromatic heterocycles. The molecule has 0 fully saturated rings. The van der Waals surface area contributed by atoms with Crippen LogP contribution in [0.15, 0.2) is 48.5 Å². The van der Waals surface area contributed by atoms with Crippen LogP contribution < -0.4 is 9.80 Å². The molecule has 2 aromatic carbocycles. The summed E-state index contributed by atoms with van der Waals surface area (Å²) in [6.07, 6.45) is 22.1. The van der Waals surface area contributed by atoms with Crippen LogP contribution in [0.3, 0.4) is 0 Å². The highest BCUT2D eigenvalue weighted by molar-refractivity contribution is 6.09. The van der Waals surface area contributed by atoms with E-state index >= 15 is 0 Å². The number of benzene rings is 2. The molecule has 784 valence electrons. The van der Waals surface area contributed by atoms with Gasteiger partial charge in [-0.15, -0.1) is 0 Å². The van der Waals surface area contributed by atoms with Gasteiger partial charge in [0, 0.05) is 55.3 Å². The topological polar surface area (TPSA) is 321 Å². The van der Waals surface area contributed by atoms with Crippen LogP contribution in [-0.4, -0.2) is 440 Å². The predicted octanol–water partition coefficient (Wildman–Crippen LogP) is 11.3. The number of anilines is 2. The highest BCUT2D eigenvalue weighted by Crippen LogP contribution is 2.21. The molecule has 0 heterocycles. The van der Waals surface area contributed by atoms with Gasteiger partial charge < -0.3 is 157 Å². The summed E-state index contributed by atoms with van der Waals surface area (Å²) in [6.45, 7) is 44.6. The third-order valence-corrected chi connectivity index (χ3v) is 19.7. The van der Waals surface area contributed by atoms with Crippen molar-refractivity contribution in [3.63, 3.8) is 0 Å². The number of aliphatic hydroxyl groups is 1. The average Bonchev–Trinajstić information content (AvgIpc) is 0.833. The van der Waals surface area contributed by atoms with Gasteiger partial charge in [-0.2, -0.15) is 0 Å². The van der Waals surface area contributed by atoms with Gasteiger partial charge in [0.15, 0.2) is 5.78 Å². The van der Waals surface area contributed by atoms with Crippen LogP contribution in [0, 0.1) is 0 Å². The zero-order valence-corrected chi connectivity index (χ0v) is 83.4. The Morgan fingerprint density at radius 1 is 0.173 bits per heavy atom. The molecule has 0 unspecified atom stereocenters. The summed E-state index contributed by atoms with van der Waals surface area (Å²) in [5, 5.41) is 8.62. The van der Waals surface area contributed by atoms with Crippen molar-refractivity contribution >= 4 is 17.2 Å².